The van der Waals surface area contributed by atoms with Crippen molar-refractivity contribution in [2.24, 2.45) is 22.7 Å². The van der Waals surface area contributed by atoms with E-state index in [1.54, 1.807) is 0 Å². The number of aliphatic hydroxyl groups is 2. The second-order valence-corrected chi connectivity index (χ2v) is 10.1. The van der Waals surface area contributed by atoms with E-state index in [2.05, 4.69) is 39.0 Å². The molecule has 0 spiro atoms. The van der Waals surface area contributed by atoms with E-state index in [0.29, 0.717) is 23.7 Å². The number of cyclic esters (lactones) is 1. The third-order valence-corrected chi connectivity index (χ3v) is 8.50. The van der Waals surface area contributed by atoms with Gasteiger partial charge in [-0.1, -0.05) is 44.6 Å². The summed E-state index contributed by atoms with van der Waals surface area (Å²) in [5.41, 5.74) is 3.55. The van der Waals surface area contributed by atoms with Gasteiger partial charge in [0, 0.05) is 11.6 Å². The molecular weight excluding hydrogens is 364 g/mol. The van der Waals surface area contributed by atoms with Gasteiger partial charge in [0.2, 0.25) is 6.29 Å². The second kappa shape index (κ2) is 8.39. The molecular formula is C25H38O4. The monoisotopic (exact) mass is 402 g/mol. The number of allylic oxidation sites excluding steroid dienone is 2. The normalized spacial score (nSPS) is 39.0. The highest BCUT2D eigenvalue weighted by Gasteiger charge is 2.53. The second-order valence-electron chi connectivity index (χ2n) is 10.1. The highest BCUT2D eigenvalue weighted by molar-refractivity contribution is 5.85. The Balaban J connectivity index is 1.64. The molecule has 2 aliphatic carbocycles. The number of rotatable bonds is 6. The number of hydrogen-bond donors (Lipinski definition) is 2. The molecule has 0 saturated heterocycles. The first-order chi connectivity index (χ1) is 13.6. The molecule has 0 unspecified atom stereocenters. The van der Waals surface area contributed by atoms with Crippen LogP contribution in [-0.4, -0.2) is 28.6 Å². The molecule has 0 aromatic heterocycles. The topological polar surface area (TPSA) is 66.8 Å². The van der Waals surface area contributed by atoms with Gasteiger partial charge >= 0.3 is 5.97 Å². The smallest absolute Gasteiger partial charge is 0.333 e. The summed E-state index contributed by atoms with van der Waals surface area (Å²) in [5.74, 6) is 0.802. The number of esters is 1. The third kappa shape index (κ3) is 4.25. The van der Waals surface area contributed by atoms with Gasteiger partial charge in [0.15, 0.2) is 0 Å². The van der Waals surface area contributed by atoms with Gasteiger partial charge < -0.3 is 14.9 Å². The highest BCUT2D eigenvalue weighted by atomic mass is 16.6. The lowest BCUT2D eigenvalue weighted by Crippen LogP contribution is -2.50. The molecule has 4 heteroatoms. The summed E-state index contributed by atoms with van der Waals surface area (Å²) >= 11 is 0. The first-order valence-electron chi connectivity index (χ1n) is 11.2. The van der Waals surface area contributed by atoms with Crippen LogP contribution >= 0.6 is 0 Å². The van der Waals surface area contributed by atoms with Crippen LogP contribution in [0.3, 0.4) is 0 Å². The van der Waals surface area contributed by atoms with Gasteiger partial charge in [0.25, 0.3) is 0 Å². The van der Waals surface area contributed by atoms with Crippen LogP contribution in [0.25, 0.3) is 0 Å². The number of hydrogen-bond acceptors (Lipinski definition) is 4. The molecule has 162 valence electrons. The SMILES string of the molecule is C=C1CCC[C@@H]2[C@@](C)(CC/C(C)=C/C[C@@H](O)C3=CC(=O)O[C@H]3O)[C@H](C)CC[C@@]12C. The van der Waals surface area contributed by atoms with Crippen LogP contribution in [0.4, 0.5) is 0 Å². The Bertz CT molecular complexity index is 720. The summed E-state index contributed by atoms with van der Waals surface area (Å²) in [6, 6.07) is 0. The van der Waals surface area contributed by atoms with E-state index >= 15 is 0 Å². The fourth-order valence-corrected chi connectivity index (χ4v) is 6.09. The van der Waals surface area contributed by atoms with Gasteiger partial charge in [-0.05, 0) is 81.0 Å². The summed E-state index contributed by atoms with van der Waals surface area (Å²) in [5, 5.41) is 20.0. The van der Waals surface area contributed by atoms with Crippen molar-refractivity contribution in [2.75, 3.05) is 0 Å². The van der Waals surface area contributed by atoms with E-state index in [9.17, 15) is 15.0 Å². The summed E-state index contributed by atoms with van der Waals surface area (Å²) in [6.07, 6.45) is 9.85. The first kappa shape index (κ1) is 22.3. The average molecular weight is 403 g/mol. The molecule has 6 atom stereocenters. The Morgan fingerprint density at radius 1 is 1.41 bits per heavy atom. The van der Waals surface area contributed by atoms with Crippen molar-refractivity contribution in [2.45, 2.75) is 91.5 Å². The number of fused-ring (bicyclic) bond motifs is 1. The fourth-order valence-electron chi connectivity index (χ4n) is 6.09. The van der Waals surface area contributed by atoms with Gasteiger partial charge in [-0.3, -0.25) is 0 Å². The molecule has 2 fully saturated rings. The number of ether oxygens (including phenoxy) is 1. The average Bonchev–Trinajstić information content (AvgIpc) is 3.01. The van der Waals surface area contributed by atoms with E-state index in [-0.39, 0.29) is 11.0 Å². The van der Waals surface area contributed by atoms with Crippen LogP contribution in [0.2, 0.25) is 0 Å². The lowest BCUT2D eigenvalue weighted by molar-refractivity contribution is -0.151. The Morgan fingerprint density at radius 2 is 2.14 bits per heavy atom. The van der Waals surface area contributed by atoms with Crippen LogP contribution < -0.4 is 0 Å². The van der Waals surface area contributed by atoms with Gasteiger partial charge in [-0.25, -0.2) is 4.79 Å². The standard InChI is InChI=1S/C25H38O4/c1-16(9-10-20(26)19-15-22(27)29-23(19)28)11-13-24(4)18(3)12-14-25(5)17(2)7-6-8-21(24)25/h9,15,18,20-21,23,26,28H,2,6-8,10-14H2,1,3-5H3/b16-9+/t18-,20-,21-,23-,24+,25+/m1/s1. The minimum Gasteiger partial charge on any atom is -0.429 e. The van der Waals surface area contributed by atoms with Gasteiger partial charge in [-0.15, -0.1) is 0 Å². The zero-order chi connectivity index (χ0) is 21.4. The molecule has 29 heavy (non-hydrogen) atoms. The van der Waals surface area contributed by atoms with Crippen molar-refractivity contribution in [3.05, 3.63) is 35.5 Å². The number of carbonyl (C=O) groups excluding carboxylic acids is 1. The Hall–Kier alpha value is -1.39. The lowest BCUT2D eigenvalue weighted by atomic mass is 9.46. The molecule has 0 amide bonds. The maximum absolute atomic E-state index is 11.2. The van der Waals surface area contributed by atoms with Gasteiger partial charge in [0.1, 0.15) is 0 Å². The van der Waals surface area contributed by atoms with Crippen molar-refractivity contribution >= 4 is 5.97 Å². The zero-order valence-electron chi connectivity index (χ0n) is 18.5. The first-order valence-corrected chi connectivity index (χ1v) is 11.2. The lowest BCUT2D eigenvalue weighted by Gasteiger charge is -2.59. The molecule has 1 heterocycles. The maximum atomic E-state index is 11.2. The molecule has 0 bridgehead atoms. The Labute approximate surface area is 175 Å². The van der Waals surface area contributed by atoms with Crippen LogP contribution in [-0.2, 0) is 9.53 Å². The Kier molecular flexibility index (Phi) is 6.45. The number of aliphatic hydroxyl groups excluding tert-OH is 2. The van der Waals surface area contributed by atoms with Crippen molar-refractivity contribution < 1.29 is 19.7 Å². The minimum absolute atomic E-state index is 0.253. The fraction of sp³-hybridized carbons (Fsp3) is 0.720. The van der Waals surface area contributed by atoms with Crippen molar-refractivity contribution in [1.82, 2.24) is 0 Å². The highest BCUT2D eigenvalue weighted by Crippen LogP contribution is 2.62. The maximum Gasteiger partial charge on any atom is 0.333 e. The molecule has 4 nitrogen and oxygen atoms in total. The molecule has 0 aromatic carbocycles. The molecule has 0 radical (unpaired) electrons. The molecule has 1 aliphatic heterocycles. The summed E-state index contributed by atoms with van der Waals surface area (Å²) in [4.78, 5) is 11.2. The minimum atomic E-state index is -1.31. The van der Waals surface area contributed by atoms with Gasteiger partial charge in [-0.2, -0.15) is 0 Å². The largest absolute Gasteiger partial charge is 0.429 e. The molecule has 2 N–H and O–H groups in total. The molecule has 3 aliphatic rings. The predicted molar refractivity (Wildman–Crippen MR) is 115 cm³/mol. The molecule has 0 aromatic rings. The molecule has 3 rings (SSSR count). The van der Waals surface area contributed by atoms with Crippen molar-refractivity contribution in [1.29, 1.82) is 0 Å². The molecule has 2 saturated carbocycles. The van der Waals surface area contributed by atoms with Crippen LogP contribution in [0.15, 0.2) is 35.5 Å². The van der Waals surface area contributed by atoms with Crippen molar-refractivity contribution in [3.8, 4) is 0 Å². The predicted octanol–water partition coefficient (Wildman–Crippen LogP) is 5.06. The van der Waals surface area contributed by atoms with E-state index < -0.39 is 18.4 Å². The van der Waals surface area contributed by atoms with E-state index in [4.69, 9.17) is 0 Å². The third-order valence-electron chi connectivity index (χ3n) is 8.50. The Morgan fingerprint density at radius 3 is 2.79 bits per heavy atom. The summed E-state index contributed by atoms with van der Waals surface area (Å²) < 4.78 is 4.66. The van der Waals surface area contributed by atoms with Crippen LogP contribution in [0.5, 0.6) is 0 Å². The van der Waals surface area contributed by atoms with E-state index in [0.717, 1.165) is 12.8 Å². The van der Waals surface area contributed by atoms with Gasteiger partial charge in [0.05, 0.1) is 6.10 Å². The summed E-state index contributed by atoms with van der Waals surface area (Å²) in [7, 11) is 0. The number of carbonyl (C=O) groups is 1. The van der Waals surface area contributed by atoms with E-state index in [1.807, 2.05) is 6.08 Å². The van der Waals surface area contributed by atoms with E-state index in [1.165, 1.54) is 49.3 Å². The van der Waals surface area contributed by atoms with Crippen LogP contribution in [0.1, 0.15) is 79.1 Å². The quantitative estimate of drug-likeness (QED) is 0.481. The van der Waals surface area contributed by atoms with Crippen LogP contribution in [0, 0.1) is 22.7 Å². The zero-order valence-corrected chi connectivity index (χ0v) is 18.5. The summed E-state index contributed by atoms with van der Waals surface area (Å²) in [6.45, 7) is 13.9. The van der Waals surface area contributed by atoms with Crippen molar-refractivity contribution in [3.63, 3.8) is 0 Å².